The van der Waals surface area contributed by atoms with Crippen LogP contribution < -0.4 is 11.5 Å². The van der Waals surface area contributed by atoms with Crippen molar-refractivity contribution in [2.24, 2.45) is 5.73 Å². The quantitative estimate of drug-likeness (QED) is 0.670. The summed E-state index contributed by atoms with van der Waals surface area (Å²) >= 11 is 0. The van der Waals surface area contributed by atoms with Crippen molar-refractivity contribution in [1.29, 1.82) is 0 Å². The lowest BCUT2D eigenvalue weighted by atomic mass is 10.1. The minimum absolute atomic E-state index is 0.0977. The molecule has 0 aliphatic rings. The Morgan fingerprint density at radius 1 is 1.15 bits per heavy atom. The number of rotatable bonds is 7. The van der Waals surface area contributed by atoms with Gasteiger partial charge in [-0.15, -0.1) is 0 Å². The van der Waals surface area contributed by atoms with Gasteiger partial charge in [-0.05, 0) is 30.2 Å². The molecule has 0 bridgehead atoms. The monoisotopic (exact) mass is 368 g/mol. The van der Waals surface area contributed by atoms with Gasteiger partial charge in [0.1, 0.15) is 22.9 Å². The third-order valence-corrected chi connectivity index (χ3v) is 4.34. The second-order valence-electron chi connectivity index (χ2n) is 6.22. The van der Waals surface area contributed by atoms with Gasteiger partial charge in [-0.2, -0.15) is 5.10 Å². The minimum Gasteiger partial charge on any atom is -0.383 e. The van der Waals surface area contributed by atoms with E-state index in [0.29, 0.717) is 12.3 Å². The fraction of sp³-hybridized carbons (Fsp3) is 0.200. The van der Waals surface area contributed by atoms with Crippen LogP contribution in [0, 0.1) is 5.82 Å². The van der Waals surface area contributed by atoms with Crippen molar-refractivity contribution in [2.75, 3.05) is 5.73 Å². The number of ether oxygens (including phenoxy) is 1. The first-order chi connectivity index (χ1) is 13.0. The Bertz CT molecular complexity index is 923. The molecule has 0 saturated heterocycles. The van der Waals surface area contributed by atoms with Gasteiger partial charge >= 0.3 is 0 Å². The third-order valence-electron chi connectivity index (χ3n) is 4.34. The Balaban J connectivity index is 1.82. The number of hydrogen-bond donors (Lipinski definition) is 2. The van der Waals surface area contributed by atoms with Gasteiger partial charge in [0.05, 0.1) is 19.3 Å². The van der Waals surface area contributed by atoms with Crippen LogP contribution in [0.3, 0.4) is 0 Å². The summed E-state index contributed by atoms with van der Waals surface area (Å²) in [7, 11) is 0. The Kier molecular flexibility index (Phi) is 5.52. The molecule has 1 unspecified atom stereocenters. The average Bonchev–Trinajstić information content (AvgIpc) is 2.99. The summed E-state index contributed by atoms with van der Waals surface area (Å²) in [6.45, 7) is 2.33. The molecule has 3 aromatic rings. The molecule has 3 rings (SSSR count). The number of nitrogens with zero attached hydrogens (tertiary/aromatic N) is 2. The number of nitrogen functional groups attached to an aromatic ring is 1. The van der Waals surface area contributed by atoms with E-state index >= 15 is 0 Å². The van der Waals surface area contributed by atoms with E-state index in [1.165, 1.54) is 16.8 Å². The van der Waals surface area contributed by atoms with Gasteiger partial charge in [0.2, 0.25) is 0 Å². The molecule has 1 amide bonds. The molecule has 1 atom stereocenters. The number of carbonyl (C=O) groups is 1. The summed E-state index contributed by atoms with van der Waals surface area (Å²) < 4.78 is 20.3. The molecule has 0 aliphatic carbocycles. The first-order valence-electron chi connectivity index (χ1n) is 8.51. The maximum atomic E-state index is 13.2. The molecular weight excluding hydrogens is 347 g/mol. The summed E-state index contributed by atoms with van der Waals surface area (Å²) in [6, 6.07) is 15.4. The number of benzene rings is 2. The number of hydrogen-bond acceptors (Lipinski definition) is 4. The maximum Gasteiger partial charge on any atom is 0.254 e. The molecule has 140 valence electrons. The van der Waals surface area contributed by atoms with Crippen LogP contribution in [0.2, 0.25) is 0 Å². The first kappa shape index (κ1) is 18.6. The summed E-state index contributed by atoms with van der Waals surface area (Å²) in [4.78, 5) is 11.9. The lowest BCUT2D eigenvalue weighted by Crippen LogP contribution is -2.16. The molecule has 0 saturated carbocycles. The number of anilines is 1. The lowest BCUT2D eigenvalue weighted by Gasteiger charge is -2.14. The van der Waals surface area contributed by atoms with Gasteiger partial charge < -0.3 is 16.2 Å². The molecule has 0 spiro atoms. The summed E-state index contributed by atoms with van der Waals surface area (Å²) in [5.41, 5.74) is 14.0. The number of halogens is 1. The molecule has 7 heteroatoms. The predicted octanol–water partition coefficient (Wildman–Crippen LogP) is 3.03. The highest BCUT2D eigenvalue weighted by Crippen LogP contribution is 2.26. The van der Waals surface area contributed by atoms with Crippen LogP contribution in [-0.2, 0) is 18.0 Å². The molecule has 0 radical (unpaired) electrons. The van der Waals surface area contributed by atoms with Crippen LogP contribution in [0.1, 0.15) is 40.1 Å². The average molecular weight is 368 g/mol. The number of primary amides is 1. The second-order valence-corrected chi connectivity index (χ2v) is 6.22. The first-order valence-corrected chi connectivity index (χ1v) is 8.51. The summed E-state index contributed by atoms with van der Waals surface area (Å²) in [5, 5.41) is 4.43. The molecule has 0 aliphatic heterocycles. The Morgan fingerprint density at radius 2 is 1.81 bits per heavy atom. The molecule has 0 fully saturated rings. The minimum atomic E-state index is -0.664. The Labute approximate surface area is 156 Å². The van der Waals surface area contributed by atoms with E-state index in [2.05, 4.69) is 5.10 Å². The van der Waals surface area contributed by atoms with Crippen LogP contribution >= 0.6 is 0 Å². The van der Waals surface area contributed by atoms with Crippen molar-refractivity contribution in [3.63, 3.8) is 0 Å². The van der Waals surface area contributed by atoms with Gasteiger partial charge in [-0.1, -0.05) is 42.5 Å². The zero-order valence-corrected chi connectivity index (χ0v) is 14.9. The zero-order chi connectivity index (χ0) is 19.4. The van der Waals surface area contributed by atoms with E-state index < -0.39 is 5.91 Å². The summed E-state index contributed by atoms with van der Waals surface area (Å²) in [6.07, 6.45) is 0. The second kappa shape index (κ2) is 8.01. The van der Waals surface area contributed by atoms with Crippen molar-refractivity contribution >= 4 is 11.7 Å². The van der Waals surface area contributed by atoms with Crippen LogP contribution in [-0.4, -0.2) is 15.7 Å². The number of amides is 1. The molecule has 27 heavy (non-hydrogen) atoms. The molecule has 1 aromatic heterocycles. The number of nitrogens with two attached hydrogens (primary N) is 2. The molecule has 1 heterocycles. The van der Waals surface area contributed by atoms with Crippen LogP contribution in [0.5, 0.6) is 0 Å². The molecule has 2 aromatic carbocycles. The number of aromatic nitrogens is 2. The Hall–Kier alpha value is -3.19. The van der Waals surface area contributed by atoms with E-state index in [1.54, 1.807) is 12.1 Å². The standard InChI is InChI=1S/C20H21FN4O2/c1-13(15-7-9-16(21)10-8-15)25-19(22)18(20(23)26)17(24-25)12-27-11-14-5-3-2-4-6-14/h2-10,13H,11-12,22H2,1H3,(H2,23,26). The molecular formula is C20H21FN4O2. The lowest BCUT2D eigenvalue weighted by molar-refractivity contribution is 0.0959. The normalized spacial score (nSPS) is 12.1. The highest BCUT2D eigenvalue weighted by Gasteiger charge is 2.23. The van der Waals surface area contributed by atoms with Gasteiger partial charge in [0.15, 0.2) is 0 Å². The topological polar surface area (TPSA) is 96.2 Å². The van der Waals surface area contributed by atoms with E-state index in [1.807, 2.05) is 37.3 Å². The van der Waals surface area contributed by atoms with E-state index in [0.717, 1.165) is 11.1 Å². The molecule has 4 N–H and O–H groups in total. The van der Waals surface area contributed by atoms with Crippen molar-refractivity contribution in [3.8, 4) is 0 Å². The zero-order valence-electron chi connectivity index (χ0n) is 14.9. The van der Waals surface area contributed by atoms with Gasteiger partial charge in [0.25, 0.3) is 5.91 Å². The van der Waals surface area contributed by atoms with E-state index in [9.17, 15) is 9.18 Å². The molecule has 6 nitrogen and oxygen atoms in total. The predicted molar refractivity (Wildman–Crippen MR) is 100 cm³/mol. The highest BCUT2D eigenvalue weighted by molar-refractivity contribution is 5.98. The van der Waals surface area contributed by atoms with Crippen LogP contribution in [0.15, 0.2) is 54.6 Å². The van der Waals surface area contributed by atoms with E-state index in [-0.39, 0.29) is 29.8 Å². The highest BCUT2D eigenvalue weighted by atomic mass is 19.1. The Morgan fingerprint density at radius 3 is 2.44 bits per heavy atom. The smallest absolute Gasteiger partial charge is 0.254 e. The van der Waals surface area contributed by atoms with Crippen LogP contribution in [0.4, 0.5) is 10.2 Å². The van der Waals surface area contributed by atoms with E-state index in [4.69, 9.17) is 16.2 Å². The fourth-order valence-corrected chi connectivity index (χ4v) is 2.88. The summed E-state index contributed by atoms with van der Waals surface area (Å²) in [5.74, 6) is -0.826. The third kappa shape index (κ3) is 4.15. The van der Waals surface area contributed by atoms with Crippen molar-refractivity contribution in [1.82, 2.24) is 9.78 Å². The van der Waals surface area contributed by atoms with Crippen molar-refractivity contribution < 1.29 is 13.9 Å². The van der Waals surface area contributed by atoms with Gasteiger partial charge in [-0.25, -0.2) is 9.07 Å². The largest absolute Gasteiger partial charge is 0.383 e. The van der Waals surface area contributed by atoms with Crippen LogP contribution in [0.25, 0.3) is 0 Å². The van der Waals surface area contributed by atoms with Crippen molar-refractivity contribution in [3.05, 3.63) is 82.8 Å². The maximum absolute atomic E-state index is 13.2. The van der Waals surface area contributed by atoms with Gasteiger partial charge in [-0.3, -0.25) is 4.79 Å². The van der Waals surface area contributed by atoms with Gasteiger partial charge in [0, 0.05) is 0 Å². The number of carbonyl (C=O) groups excluding carboxylic acids is 1. The van der Waals surface area contributed by atoms with Crippen molar-refractivity contribution in [2.45, 2.75) is 26.2 Å². The fourth-order valence-electron chi connectivity index (χ4n) is 2.88. The SMILES string of the molecule is CC(c1ccc(F)cc1)n1nc(COCc2ccccc2)c(C(N)=O)c1N.